The molecule has 1 heterocycles. The average Bonchev–Trinajstić information content (AvgIpc) is 2.48. The third-order valence-electron chi connectivity index (χ3n) is 2.93. The van der Waals surface area contributed by atoms with Crippen LogP contribution in [0.3, 0.4) is 0 Å². The molecule has 0 atom stereocenters. The number of rotatable bonds is 2. The van der Waals surface area contributed by atoms with Gasteiger partial charge in [0, 0.05) is 0 Å². The van der Waals surface area contributed by atoms with E-state index in [0.717, 1.165) is 5.56 Å². The van der Waals surface area contributed by atoms with Gasteiger partial charge in [-0.2, -0.15) is 0 Å². The van der Waals surface area contributed by atoms with E-state index in [1.165, 1.54) is 0 Å². The molecule has 0 aliphatic rings. The first kappa shape index (κ1) is 12.6. The van der Waals surface area contributed by atoms with E-state index in [1.54, 1.807) is 24.3 Å². The van der Waals surface area contributed by atoms with E-state index < -0.39 is 0 Å². The molecule has 3 rings (SSSR count). The Morgan fingerprint density at radius 3 is 2.55 bits per heavy atom. The number of hydrogen-bond acceptors (Lipinski definition) is 2. The van der Waals surface area contributed by atoms with Crippen LogP contribution in [-0.2, 0) is 0 Å². The molecule has 0 amide bonds. The Kier molecular flexibility index (Phi) is 3.35. The summed E-state index contributed by atoms with van der Waals surface area (Å²) in [6, 6.07) is 16.8. The minimum Gasteiger partial charge on any atom is -0.305 e. The number of aromatic nitrogens is 2. The molecule has 0 saturated carbocycles. The summed E-state index contributed by atoms with van der Waals surface area (Å²) in [5.74, 6) is 0.374. The van der Waals surface area contributed by atoms with Crippen molar-refractivity contribution in [1.29, 1.82) is 0 Å². The quantitative estimate of drug-likeness (QED) is 0.780. The van der Waals surface area contributed by atoms with Crippen LogP contribution in [0.2, 0.25) is 0 Å². The molecule has 1 aromatic heterocycles. The second kappa shape index (κ2) is 5.31. The van der Waals surface area contributed by atoms with Crippen molar-refractivity contribution in [2.24, 2.45) is 0 Å². The SMILES string of the molecule is O=c1[nH]c(/C(Cl)=C/c2ccccc2)nc2ccccc12. The molecule has 2 aromatic carbocycles. The molecule has 0 aliphatic heterocycles. The molecule has 0 radical (unpaired) electrons. The highest BCUT2D eigenvalue weighted by Crippen LogP contribution is 2.19. The normalized spacial score (nSPS) is 11.8. The van der Waals surface area contributed by atoms with Crippen LogP contribution >= 0.6 is 11.6 Å². The first-order valence-electron chi connectivity index (χ1n) is 6.16. The van der Waals surface area contributed by atoms with E-state index >= 15 is 0 Å². The first-order chi connectivity index (χ1) is 9.74. The van der Waals surface area contributed by atoms with Gasteiger partial charge >= 0.3 is 0 Å². The summed E-state index contributed by atoms with van der Waals surface area (Å²) < 4.78 is 0. The zero-order chi connectivity index (χ0) is 13.9. The molecule has 0 unspecified atom stereocenters. The summed E-state index contributed by atoms with van der Waals surface area (Å²) in [4.78, 5) is 19.1. The van der Waals surface area contributed by atoms with Crippen molar-refractivity contribution in [3.63, 3.8) is 0 Å². The summed E-state index contributed by atoms with van der Waals surface area (Å²) in [6.07, 6.45) is 1.77. The molecular weight excluding hydrogens is 272 g/mol. The lowest BCUT2D eigenvalue weighted by Crippen LogP contribution is -2.10. The van der Waals surface area contributed by atoms with Gasteiger partial charge in [0.1, 0.15) is 0 Å². The Morgan fingerprint density at radius 1 is 1.05 bits per heavy atom. The van der Waals surface area contributed by atoms with E-state index in [9.17, 15) is 4.79 Å². The molecule has 3 aromatic rings. The van der Waals surface area contributed by atoms with Gasteiger partial charge in [-0.15, -0.1) is 0 Å². The summed E-state index contributed by atoms with van der Waals surface area (Å²) in [7, 11) is 0. The molecule has 1 N–H and O–H groups in total. The maximum atomic E-state index is 12.0. The molecule has 0 saturated heterocycles. The van der Waals surface area contributed by atoms with Crippen LogP contribution < -0.4 is 5.56 Å². The number of nitrogens with zero attached hydrogens (tertiary/aromatic N) is 1. The molecule has 98 valence electrons. The van der Waals surface area contributed by atoms with Crippen molar-refractivity contribution in [2.75, 3.05) is 0 Å². The Hall–Kier alpha value is -2.39. The number of halogens is 1. The third-order valence-corrected chi connectivity index (χ3v) is 3.22. The number of H-pyrrole nitrogens is 1. The van der Waals surface area contributed by atoms with Crippen molar-refractivity contribution < 1.29 is 0 Å². The first-order valence-corrected chi connectivity index (χ1v) is 6.53. The second-order valence-electron chi connectivity index (χ2n) is 4.33. The van der Waals surface area contributed by atoms with Crippen molar-refractivity contribution >= 4 is 33.6 Å². The molecule has 0 spiro atoms. The number of hydrogen-bond donors (Lipinski definition) is 1. The minimum atomic E-state index is -0.190. The molecule has 4 heteroatoms. The number of benzene rings is 2. The van der Waals surface area contributed by atoms with Crippen molar-refractivity contribution in [3.8, 4) is 0 Å². The van der Waals surface area contributed by atoms with Gasteiger partial charge in [-0.05, 0) is 23.8 Å². The fraction of sp³-hybridized carbons (Fsp3) is 0. The minimum absolute atomic E-state index is 0.190. The van der Waals surface area contributed by atoms with Gasteiger partial charge in [-0.25, -0.2) is 4.98 Å². The summed E-state index contributed by atoms with van der Waals surface area (Å²) in [6.45, 7) is 0. The smallest absolute Gasteiger partial charge is 0.259 e. The summed E-state index contributed by atoms with van der Waals surface area (Å²) in [5, 5.41) is 0.958. The fourth-order valence-electron chi connectivity index (χ4n) is 1.96. The highest BCUT2D eigenvalue weighted by molar-refractivity contribution is 6.50. The van der Waals surface area contributed by atoms with Crippen LogP contribution in [0.15, 0.2) is 59.4 Å². The number of para-hydroxylation sites is 1. The van der Waals surface area contributed by atoms with Crippen molar-refractivity contribution in [3.05, 3.63) is 76.3 Å². The van der Waals surface area contributed by atoms with Gasteiger partial charge in [0.05, 0.1) is 15.9 Å². The van der Waals surface area contributed by atoms with Crippen LogP contribution in [-0.4, -0.2) is 9.97 Å². The largest absolute Gasteiger partial charge is 0.305 e. The van der Waals surface area contributed by atoms with E-state index in [0.29, 0.717) is 21.8 Å². The monoisotopic (exact) mass is 282 g/mol. The Balaban J connectivity index is 2.11. The summed E-state index contributed by atoms with van der Waals surface area (Å²) in [5.41, 5.74) is 1.39. The van der Waals surface area contributed by atoms with Crippen molar-refractivity contribution in [2.45, 2.75) is 0 Å². The lowest BCUT2D eigenvalue weighted by Gasteiger charge is -2.02. The van der Waals surface area contributed by atoms with Crippen LogP contribution in [0.4, 0.5) is 0 Å². The number of aromatic amines is 1. The topological polar surface area (TPSA) is 45.8 Å². The summed E-state index contributed by atoms with van der Waals surface area (Å²) >= 11 is 6.24. The number of fused-ring (bicyclic) bond motifs is 1. The van der Waals surface area contributed by atoms with Crippen LogP contribution in [0.1, 0.15) is 11.4 Å². The lowest BCUT2D eigenvalue weighted by molar-refractivity contribution is 1.14. The standard InChI is InChI=1S/C16H11ClN2O/c17-13(10-11-6-2-1-3-7-11)15-18-14-9-5-4-8-12(14)16(20)19-15/h1-10H,(H,18,19,20)/b13-10-. The van der Waals surface area contributed by atoms with Gasteiger partial charge < -0.3 is 4.98 Å². The third kappa shape index (κ3) is 2.49. The van der Waals surface area contributed by atoms with E-state index in [-0.39, 0.29) is 5.56 Å². The van der Waals surface area contributed by atoms with E-state index in [2.05, 4.69) is 9.97 Å². The Labute approximate surface area is 120 Å². The molecule has 20 heavy (non-hydrogen) atoms. The zero-order valence-corrected chi connectivity index (χ0v) is 11.3. The predicted octanol–water partition coefficient (Wildman–Crippen LogP) is 3.66. The lowest BCUT2D eigenvalue weighted by atomic mass is 10.2. The Bertz CT molecular complexity index is 838. The van der Waals surface area contributed by atoms with Gasteiger partial charge in [-0.1, -0.05) is 54.1 Å². The van der Waals surface area contributed by atoms with Crippen LogP contribution in [0.5, 0.6) is 0 Å². The molecule has 0 aliphatic carbocycles. The average molecular weight is 283 g/mol. The number of nitrogens with one attached hydrogen (secondary N) is 1. The zero-order valence-electron chi connectivity index (χ0n) is 10.5. The molecule has 0 fully saturated rings. The van der Waals surface area contributed by atoms with E-state index in [1.807, 2.05) is 36.4 Å². The van der Waals surface area contributed by atoms with Gasteiger partial charge in [0.2, 0.25) is 0 Å². The highest BCUT2D eigenvalue weighted by atomic mass is 35.5. The van der Waals surface area contributed by atoms with Gasteiger partial charge in [0.15, 0.2) is 5.82 Å². The maximum Gasteiger partial charge on any atom is 0.259 e. The van der Waals surface area contributed by atoms with Gasteiger partial charge in [-0.3, -0.25) is 4.79 Å². The maximum absolute atomic E-state index is 12.0. The second-order valence-corrected chi connectivity index (χ2v) is 4.74. The molecule has 3 nitrogen and oxygen atoms in total. The Morgan fingerprint density at radius 2 is 1.75 bits per heavy atom. The van der Waals surface area contributed by atoms with E-state index in [4.69, 9.17) is 11.6 Å². The molecule has 0 bridgehead atoms. The van der Waals surface area contributed by atoms with Gasteiger partial charge in [0.25, 0.3) is 5.56 Å². The van der Waals surface area contributed by atoms with Crippen molar-refractivity contribution in [1.82, 2.24) is 9.97 Å². The predicted molar refractivity (Wildman–Crippen MR) is 82.5 cm³/mol. The fourth-order valence-corrected chi connectivity index (χ4v) is 2.18. The van der Waals surface area contributed by atoms with Crippen LogP contribution in [0, 0.1) is 0 Å². The molecular formula is C16H11ClN2O. The highest BCUT2D eigenvalue weighted by Gasteiger charge is 2.06. The van der Waals surface area contributed by atoms with Crippen LogP contribution in [0.25, 0.3) is 22.0 Å².